The minimum Gasteiger partial charge on any atom is -0.384 e. The van der Waals surface area contributed by atoms with Gasteiger partial charge in [0, 0.05) is 25.6 Å². The fraction of sp³-hybridized carbons (Fsp3) is 0.600. The van der Waals surface area contributed by atoms with E-state index in [1.54, 1.807) is 13.2 Å². The Hall–Kier alpha value is -1.79. The molecule has 0 saturated carbocycles. The molecule has 2 fully saturated rings. The molecule has 1 aromatic carbocycles. The summed E-state index contributed by atoms with van der Waals surface area (Å²) in [6, 6.07) is 6.67. The average molecular weight is 359 g/mol. The number of rotatable bonds is 6. The third-order valence-corrected chi connectivity index (χ3v) is 5.90. The van der Waals surface area contributed by atoms with E-state index in [2.05, 4.69) is 15.0 Å². The van der Waals surface area contributed by atoms with Crippen molar-refractivity contribution in [3.63, 3.8) is 0 Å². The van der Waals surface area contributed by atoms with Gasteiger partial charge in [0.05, 0.1) is 13.2 Å². The minimum atomic E-state index is -0.116. The van der Waals surface area contributed by atoms with E-state index in [4.69, 9.17) is 9.26 Å². The smallest absolute Gasteiger partial charge is 0.240 e. The summed E-state index contributed by atoms with van der Waals surface area (Å²) in [5, 5.41) is 4.04. The molecule has 26 heavy (non-hydrogen) atoms. The number of ether oxygens (including phenoxy) is 1. The van der Waals surface area contributed by atoms with Gasteiger partial charge in [0.25, 0.3) is 0 Å². The number of aromatic nitrogens is 2. The van der Waals surface area contributed by atoms with Crippen LogP contribution < -0.4 is 0 Å². The Labute approximate surface area is 153 Å². The molecular formula is C20H26FN3O2. The zero-order chi connectivity index (χ0) is 18.1. The van der Waals surface area contributed by atoms with Crippen LogP contribution in [0.3, 0.4) is 0 Å². The molecule has 140 valence electrons. The van der Waals surface area contributed by atoms with Gasteiger partial charge < -0.3 is 9.26 Å². The number of hydrogen-bond acceptors (Lipinski definition) is 5. The molecule has 5 nitrogen and oxygen atoms in total. The van der Waals surface area contributed by atoms with Gasteiger partial charge in [0.15, 0.2) is 5.82 Å². The van der Waals surface area contributed by atoms with Gasteiger partial charge in [0.1, 0.15) is 5.82 Å². The summed E-state index contributed by atoms with van der Waals surface area (Å²) in [4.78, 5) is 7.02. The molecule has 1 unspecified atom stereocenters. The Kier molecular flexibility index (Phi) is 5.05. The molecule has 2 aromatic rings. The van der Waals surface area contributed by atoms with E-state index in [-0.39, 0.29) is 5.82 Å². The van der Waals surface area contributed by atoms with Crippen LogP contribution in [0.4, 0.5) is 4.39 Å². The van der Waals surface area contributed by atoms with Crippen LogP contribution in [0.15, 0.2) is 22.7 Å². The van der Waals surface area contributed by atoms with E-state index >= 15 is 0 Å². The lowest BCUT2D eigenvalue weighted by Crippen LogP contribution is -2.41. The molecule has 2 aliphatic rings. The third kappa shape index (κ3) is 3.53. The summed E-state index contributed by atoms with van der Waals surface area (Å²) < 4.78 is 24.1. The van der Waals surface area contributed by atoms with Gasteiger partial charge in [-0.05, 0) is 55.7 Å². The van der Waals surface area contributed by atoms with E-state index in [1.807, 2.05) is 19.1 Å². The van der Waals surface area contributed by atoms with Crippen LogP contribution in [0.25, 0.3) is 0 Å². The quantitative estimate of drug-likeness (QED) is 0.788. The standard InChI is InChI=1S/C20H26FN3O2/c1-13-9-14(3-6-18(13)21)15-10-16-4-5-17(11-15)24(16)12-20-22-19(23-26-20)7-8-25-2/h3,6,9,15-17H,4-5,7-8,10-12H2,1-2H3/t15?,16-,17+. The maximum Gasteiger partial charge on any atom is 0.240 e. The topological polar surface area (TPSA) is 51.4 Å². The first-order valence-electron chi connectivity index (χ1n) is 9.46. The highest BCUT2D eigenvalue weighted by atomic mass is 19.1. The van der Waals surface area contributed by atoms with Crippen molar-refractivity contribution in [3.8, 4) is 0 Å². The molecule has 0 N–H and O–H groups in total. The first-order chi connectivity index (χ1) is 12.6. The highest BCUT2D eigenvalue weighted by molar-refractivity contribution is 5.28. The van der Waals surface area contributed by atoms with Crippen molar-refractivity contribution in [3.05, 3.63) is 46.9 Å². The summed E-state index contributed by atoms with van der Waals surface area (Å²) >= 11 is 0. The molecule has 1 aromatic heterocycles. The molecule has 2 aliphatic heterocycles. The lowest BCUT2D eigenvalue weighted by Gasteiger charge is -2.38. The van der Waals surface area contributed by atoms with E-state index < -0.39 is 0 Å². The van der Waals surface area contributed by atoms with Crippen LogP contribution in [-0.4, -0.2) is 40.8 Å². The lowest BCUT2D eigenvalue weighted by molar-refractivity contribution is 0.104. The molecule has 3 atom stereocenters. The first kappa shape index (κ1) is 17.6. The van der Waals surface area contributed by atoms with Gasteiger partial charge in [-0.3, -0.25) is 4.90 Å². The van der Waals surface area contributed by atoms with E-state index in [9.17, 15) is 4.39 Å². The van der Waals surface area contributed by atoms with Crippen molar-refractivity contribution in [1.29, 1.82) is 0 Å². The Balaban J connectivity index is 1.42. The highest BCUT2D eigenvalue weighted by Crippen LogP contribution is 2.43. The van der Waals surface area contributed by atoms with Crippen LogP contribution in [-0.2, 0) is 17.7 Å². The minimum absolute atomic E-state index is 0.116. The average Bonchev–Trinajstić information content (AvgIpc) is 3.16. The number of methoxy groups -OCH3 is 1. The van der Waals surface area contributed by atoms with Crippen molar-refractivity contribution < 1.29 is 13.7 Å². The summed E-state index contributed by atoms with van der Waals surface area (Å²) in [6.07, 6.45) is 5.34. The van der Waals surface area contributed by atoms with Crippen LogP contribution in [0.5, 0.6) is 0 Å². The molecule has 2 bridgehead atoms. The maximum absolute atomic E-state index is 13.6. The highest BCUT2D eigenvalue weighted by Gasteiger charge is 2.41. The number of aryl methyl sites for hydroxylation is 1. The first-order valence-corrected chi connectivity index (χ1v) is 9.46. The predicted molar refractivity (Wildman–Crippen MR) is 95.3 cm³/mol. The summed E-state index contributed by atoms with van der Waals surface area (Å²) in [6.45, 7) is 3.18. The molecule has 0 amide bonds. The predicted octanol–water partition coefficient (Wildman–Crippen LogP) is 3.62. The monoisotopic (exact) mass is 359 g/mol. The van der Waals surface area contributed by atoms with Gasteiger partial charge in [-0.25, -0.2) is 4.39 Å². The van der Waals surface area contributed by atoms with Crippen LogP contribution >= 0.6 is 0 Å². The third-order valence-electron chi connectivity index (χ3n) is 5.90. The van der Waals surface area contributed by atoms with Gasteiger partial charge in [-0.2, -0.15) is 4.98 Å². The largest absolute Gasteiger partial charge is 0.384 e. The van der Waals surface area contributed by atoms with E-state index in [0.29, 0.717) is 42.7 Å². The van der Waals surface area contributed by atoms with Crippen LogP contribution in [0.1, 0.15) is 54.4 Å². The zero-order valence-electron chi connectivity index (χ0n) is 15.4. The molecule has 2 saturated heterocycles. The van der Waals surface area contributed by atoms with Crippen molar-refractivity contribution >= 4 is 0 Å². The second kappa shape index (κ2) is 7.45. The number of benzene rings is 1. The molecule has 3 heterocycles. The van der Waals surface area contributed by atoms with Gasteiger partial charge in [0.2, 0.25) is 5.89 Å². The normalized spacial score (nSPS) is 25.7. The van der Waals surface area contributed by atoms with Gasteiger partial charge >= 0.3 is 0 Å². The summed E-state index contributed by atoms with van der Waals surface area (Å²) in [7, 11) is 1.67. The number of halogens is 1. The molecular weight excluding hydrogens is 333 g/mol. The lowest BCUT2D eigenvalue weighted by atomic mass is 9.84. The maximum atomic E-state index is 13.6. The number of hydrogen-bond donors (Lipinski definition) is 0. The second-order valence-corrected chi connectivity index (χ2v) is 7.58. The van der Waals surface area contributed by atoms with E-state index in [0.717, 1.165) is 24.9 Å². The molecule has 0 aliphatic carbocycles. The van der Waals surface area contributed by atoms with Crippen molar-refractivity contribution in [1.82, 2.24) is 15.0 Å². The second-order valence-electron chi connectivity index (χ2n) is 7.58. The van der Waals surface area contributed by atoms with Crippen molar-refractivity contribution in [2.24, 2.45) is 0 Å². The Morgan fingerprint density at radius 2 is 2.04 bits per heavy atom. The van der Waals surface area contributed by atoms with Crippen LogP contribution in [0.2, 0.25) is 0 Å². The summed E-state index contributed by atoms with van der Waals surface area (Å²) in [5.41, 5.74) is 2.02. The SMILES string of the molecule is COCCc1noc(CN2[C@@H]3CC[C@H]2CC(c2ccc(F)c(C)c2)C3)n1. The Morgan fingerprint density at radius 3 is 2.73 bits per heavy atom. The molecule has 0 spiro atoms. The van der Waals surface area contributed by atoms with Gasteiger partial charge in [-0.15, -0.1) is 0 Å². The molecule has 4 rings (SSSR count). The summed E-state index contributed by atoms with van der Waals surface area (Å²) in [5.74, 6) is 1.81. The number of piperidine rings is 1. The fourth-order valence-electron chi connectivity index (χ4n) is 4.53. The van der Waals surface area contributed by atoms with E-state index in [1.165, 1.54) is 18.4 Å². The van der Waals surface area contributed by atoms with Crippen molar-refractivity contribution in [2.45, 2.75) is 63.6 Å². The number of nitrogens with zero attached hydrogens (tertiary/aromatic N) is 3. The fourth-order valence-corrected chi connectivity index (χ4v) is 4.53. The van der Waals surface area contributed by atoms with Crippen LogP contribution in [0, 0.1) is 12.7 Å². The number of fused-ring (bicyclic) bond motifs is 2. The van der Waals surface area contributed by atoms with Crippen molar-refractivity contribution in [2.75, 3.05) is 13.7 Å². The zero-order valence-corrected chi connectivity index (χ0v) is 15.4. The molecule has 6 heteroatoms. The Bertz CT molecular complexity index is 749. The van der Waals surface area contributed by atoms with Gasteiger partial charge in [-0.1, -0.05) is 17.3 Å². The Morgan fingerprint density at radius 1 is 1.27 bits per heavy atom. The molecule has 0 radical (unpaired) electrons.